The highest BCUT2D eigenvalue weighted by molar-refractivity contribution is 6.30. The van der Waals surface area contributed by atoms with Crippen LogP contribution in [0.1, 0.15) is 42.5 Å². The fourth-order valence-corrected chi connectivity index (χ4v) is 4.08. The van der Waals surface area contributed by atoms with E-state index in [1.165, 1.54) is 12.5 Å². The number of piperidine rings is 1. The van der Waals surface area contributed by atoms with Crippen molar-refractivity contribution in [1.29, 1.82) is 5.26 Å². The molecule has 0 spiro atoms. The number of nitrogens with zero attached hydrogens (tertiary/aromatic N) is 3. The summed E-state index contributed by atoms with van der Waals surface area (Å²) in [5.41, 5.74) is 4.17. The second-order valence-corrected chi connectivity index (χ2v) is 8.25. The molecule has 6 nitrogen and oxygen atoms in total. The van der Waals surface area contributed by atoms with Gasteiger partial charge < -0.3 is 10.6 Å². The summed E-state index contributed by atoms with van der Waals surface area (Å²) in [4.78, 5) is 11.8. The van der Waals surface area contributed by atoms with Gasteiger partial charge in [0.05, 0.1) is 6.04 Å². The number of carbonyl (C=O) groups is 1. The fourth-order valence-electron chi connectivity index (χ4n) is 3.95. The summed E-state index contributed by atoms with van der Waals surface area (Å²) in [5.74, 6) is 0.259. The van der Waals surface area contributed by atoms with Crippen molar-refractivity contribution in [2.24, 2.45) is 0 Å². The molecular weight excluding hydrogens is 410 g/mol. The molecule has 1 atom stereocenters. The van der Waals surface area contributed by atoms with Crippen LogP contribution in [0.2, 0.25) is 5.02 Å². The summed E-state index contributed by atoms with van der Waals surface area (Å²) in [6.45, 7) is 3.18. The number of benzene rings is 2. The summed E-state index contributed by atoms with van der Waals surface area (Å²) in [6, 6.07) is 18.2. The number of halogens is 1. The average molecular weight is 434 g/mol. The van der Waals surface area contributed by atoms with E-state index in [1.807, 2.05) is 53.2 Å². The van der Waals surface area contributed by atoms with Crippen molar-refractivity contribution in [2.45, 2.75) is 32.2 Å². The molecule has 1 unspecified atom stereocenters. The van der Waals surface area contributed by atoms with Gasteiger partial charge in [0.25, 0.3) is 0 Å². The Kier molecular flexibility index (Phi) is 6.36. The molecule has 2 N–H and O–H groups in total. The molecule has 3 aromatic rings. The van der Waals surface area contributed by atoms with E-state index >= 15 is 0 Å². The second-order valence-electron chi connectivity index (χ2n) is 7.81. The van der Waals surface area contributed by atoms with Crippen LogP contribution in [0.4, 0.5) is 5.82 Å². The summed E-state index contributed by atoms with van der Waals surface area (Å²) < 4.78 is 1.81. The summed E-state index contributed by atoms with van der Waals surface area (Å²) >= 11 is 5.97. The highest BCUT2D eigenvalue weighted by Crippen LogP contribution is 2.32. The second kappa shape index (κ2) is 9.34. The van der Waals surface area contributed by atoms with E-state index in [-0.39, 0.29) is 11.9 Å². The molecule has 2 aromatic carbocycles. The normalized spacial score (nSPS) is 16.0. The zero-order valence-corrected chi connectivity index (χ0v) is 18.1. The number of nitrogens with one attached hydrogen (secondary N) is 2. The number of nitriles is 1. The Labute approximate surface area is 186 Å². The molecule has 2 heterocycles. The first-order valence-corrected chi connectivity index (χ1v) is 10.8. The van der Waals surface area contributed by atoms with Crippen LogP contribution in [0.3, 0.4) is 0 Å². The van der Waals surface area contributed by atoms with Gasteiger partial charge in [-0.15, -0.1) is 0 Å². The van der Waals surface area contributed by atoms with Crippen LogP contribution in [0.5, 0.6) is 0 Å². The topological polar surface area (TPSA) is 82.7 Å². The van der Waals surface area contributed by atoms with E-state index in [0.717, 1.165) is 48.5 Å². The largest absolute Gasteiger partial charge is 0.315 e. The molecule has 4 rings (SSSR count). The van der Waals surface area contributed by atoms with Crippen molar-refractivity contribution in [3.8, 4) is 17.3 Å². The average Bonchev–Trinajstić information content (AvgIpc) is 3.14. The molecule has 1 aliphatic heterocycles. The predicted octanol–water partition coefficient (Wildman–Crippen LogP) is 4.55. The first kappa shape index (κ1) is 21.1. The maximum atomic E-state index is 11.8. The maximum absolute atomic E-state index is 11.8. The Morgan fingerprint density at radius 3 is 2.48 bits per heavy atom. The van der Waals surface area contributed by atoms with Gasteiger partial charge in [-0.05, 0) is 49.1 Å². The molecule has 31 heavy (non-hydrogen) atoms. The third-order valence-electron chi connectivity index (χ3n) is 5.48. The molecule has 1 aliphatic rings. The lowest BCUT2D eigenvalue weighted by molar-refractivity contribution is -0.114. The Morgan fingerprint density at radius 1 is 1.23 bits per heavy atom. The third kappa shape index (κ3) is 4.79. The van der Waals surface area contributed by atoms with E-state index in [2.05, 4.69) is 16.7 Å². The first-order valence-electron chi connectivity index (χ1n) is 10.4. The molecule has 0 radical (unpaired) electrons. The summed E-state index contributed by atoms with van der Waals surface area (Å²) in [5, 5.41) is 21.6. The van der Waals surface area contributed by atoms with E-state index in [1.54, 1.807) is 0 Å². The quantitative estimate of drug-likeness (QED) is 0.618. The van der Waals surface area contributed by atoms with Crippen LogP contribution in [0, 0.1) is 11.3 Å². The van der Waals surface area contributed by atoms with Crippen molar-refractivity contribution in [2.75, 3.05) is 18.4 Å². The fraction of sp³-hybridized carbons (Fsp3) is 0.292. The number of aromatic nitrogens is 2. The van der Waals surface area contributed by atoms with Crippen LogP contribution in [-0.4, -0.2) is 28.8 Å². The smallest absolute Gasteiger partial charge is 0.222 e. The van der Waals surface area contributed by atoms with Gasteiger partial charge in [0, 0.05) is 24.1 Å². The molecule has 1 amide bonds. The minimum absolute atomic E-state index is 0.0978. The van der Waals surface area contributed by atoms with Gasteiger partial charge in [0.15, 0.2) is 0 Å². The first-order chi connectivity index (χ1) is 15.0. The van der Waals surface area contributed by atoms with Crippen molar-refractivity contribution in [1.82, 2.24) is 15.1 Å². The maximum Gasteiger partial charge on any atom is 0.222 e. The van der Waals surface area contributed by atoms with Gasteiger partial charge in [0.1, 0.15) is 23.1 Å². The Morgan fingerprint density at radius 2 is 1.90 bits per heavy atom. The van der Waals surface area contributed by atoms with Crippen LogP contribution < -0.4 is 10.6 Å². The molecule has 1 aromatic heterocycles. The summed E-state index contributed by atoms with van der Waals surface area (Å²) in [6.07, 6.45) is 2.77. The van der Waals surface area contributed by atoms with Gasteiger partial charge >= 0.3 is 0 Å². The lowest BCUT2D eigenvalue weighted by Crippen LogP contribution is -2.33. The zero-order chi connectivity index (χ0) is 21.8. The lowest BCUT2D eigenvalue weighted by atomic mass is 10.0. The van der Waals surface area contributed by atoms with Gasteiger partial charge in [-0.3, -0.25) is 4.79 Å². The molecule has 0 aliphatic carbocycles. The molecule has 158 valence electrons. The molecule has 0 saturated carbocycles. The van der Waals surface area contributed by atoms with E-state index in [9.17, 15) is 10.1 Å². The van der Waals surface area contributed by atoms with Gasteiger partial charge in [-0.25, -0.2) is 4.68 Å². The lowest BCUT2D eigenvalue weighted by Gasteiger charge is -2.24. The number of anilines is 1. The number of hydrogen-bond donors (Lipinski definition) is 2. The molecular formula is C24H24ClN5O. The van der Waals surface area contributed by atoms with Gasteiger partial charge in [-0.2, -0.15) is 10.4 Å². The highest BCUT2D eigenvalue weighted by Gasteiger charge is 2.26. The summed E-state index contributed by atoms with van der Waals surface area (Å²) in [7, 11) is 0. The number of hydrogen-bond acceptors (Lipinski definition) is 4. The van der Waals surface area contributed by atoms with Crippen LogP contribution >= 0.6 is 11.6 Å². The minimum Gasteiger partial charge on any atom is -0.315 e. The SMILES string of the molecule is CC(=O)Nc1c(C#N)c(-c2ccc(Cc3ccc(Cl)cc3)cc2)nn1C1CCCNC1. The molecule has 1 fully saturated rings. The van der Waals surface area contributed by atoms with Crippen LogP contribution in [0.15, 0.2) is 48.5 Å². The Bertz CT molecular complexity index is 1110. The minimum atomic E-state index is -0.216. The standard InChI is InChI=1S/C24H24ClN5O/c1-16(31)28-24-22(14-26)23(29-30(24)21-3-2-12-27-15-21)19-8-4-17(5-9-19)13-18-6-10-20(25)11-7-18/h4-11,21,27H,2-3,12-13,15H2,1H3,(H,28,31). The van der Waals surface area contributed by atoms with Crippen molar-refractivity contribution in [3.63, 3.8) is 0 Å². The number of rotatable bonds is 5. The highest BCUT2D eigenvalue weighted by atomic mass is 35.5. The monoisotopic (exact) mass is 433 g/mol. The van der Waals surface area contributed by atoms with E-state index in [4.69, 9.17) is 16.7 Å². The number of amides is 1. The van der Waals surface area contributed by atoms with E-state index < -0.39 is 0 Å². The third-order valence-corrected chi connectivity index (χ3v) is 5.73. The van der Waals surface area contributed by atoms with Crippen molar-refractivity contribution in [3.05, 3.63) is 70.2 Å². The van der Waals surface area contributed by atoms with Crippen LogP contribution in [-0.2, 0) is 11.2 Å². The molecule has 7 heteroatoms. The van der Waals surface area contributed by atoms with Gasteiger partial charge in [0.2, 0.25) is 5.91 Å². The van der Waals surface area contributed by atoms with Gasteiger partial charge in [-0.1, -0.05) is 48.0 Å². The zero-order valence-electron chi connectivity index (χ0n) is 17.4. The van der Waals surface area contributed by atoms with E-state index in [0.29, 0.717) is 17.1 Å². The number of carbonyl (C=O) groups excluding carboxylic acids is 1. The Balaban J connectivity index is 1.66. The van der Waals surface area contributed by atoms with Crippen molar-refractivity contribution >= 4 is 23.3 Å². The molecule has 1 saturated heterocycles. The predicted molar refractivity (Wildman–Crippen MR) is 122 cm³/mol. The molecule has 0 bridgehead atoms. The Hall–Kier alpha value is -3.14. The van der Waals surface area contributed by atoms with Crippen molar-refractivity contribution < 1.29 is 4.79 Å². The van der Waals surface area contributed by atoms with Crippen LogP contribution in [0.25, 0.3) is 11.3 Å².